The Bertz CT molecular complexity index is 1710. The molecule has 3 aliphatic heterocycles. The van der Waals surface area contributed by atoms with Gasteiger partial charge in [0.25, 0.3) is 0 Å². The van der Waals surface area contributed by atoms with E-state index < -0.39 is 17.7 Å². The second-order valence-electron chi connectivity index (χ2n) is 13.0. The smallest absolute Gasteiger partial charge is 0.337 e. The van der Waals surface area contributed by atoms with E-state index in [4.69, 9.17) is 29.3 Å². The van der Waals surface area contributed by atoms with Crippen molar-refractivity contribution in [1.29, 1.82) is 0 Å². The third kappa shape index (κ3) is 6.90. The Labute approximate surface area is 267 Å². The summed E-state index contributed by atoms with van der Waals surface area (Å²) in [7, 11) is 0. The number of carboxylic acid groups (broad SMARTS) is 1. The standard InChI is InChI=1S/C34H41N5O5S/c1-22-28(29(32(40)41)44-33(2,3)4)31-38-15-13-34(5,14-16-38)43-18-10-6-9-17-42-26-12-8-7-11-23(26)19-24-21-35-30(45-24)25-20-27(36-22)39(31)37-25/h6-8,10-12,20-21,29H,9,13-19H2,1-5H3,(H,40,41)/b10-6+/t29-/m0/s1. The van der Waals surface area contributed by atoms with Crippen LogP contribution in [0.2, 0.25) is 0 Å². The first kappa shape index (κ1) is 31.2. The predicted octanol–water partition coefficient (Wildman–Crippen LogP) is 6.41. The van der Waals surface area contributed by atoms with E-state index in [9.17, 15) is 9.90 Å². The highest BCUT2D eigenvalue weighted by molar-refractivity contribution is 7.15. The van der Waals surface area contributed by atoms with Crippen molar-refractivity contribution in [2.75, 3.05) is 31.2 Å². The van der Waals surface area contributed by atoms with E-state index >= 15 is 0 Å². The molecule has 6 bridgehead atoms. The van der Waals surface area contributed by atoms with Crippen molar-refractivity contribution in [3.05, 3.63) is 70.4 Å². The minimum absolute atomic E-state index is 0.308. The largest absolute Gasteiger partial charge is 0.493 e. The molecule has 0 saturated carbocycles. The van der Waals surface area contributed by atoms with Crippen LogP contribution >= 0.6 is 11.3 Å². The monoisotopic (exact) mass is 631 g/mol. The van der Waals surface area contributed by atoms with E-state index in [0.717, 1.165) is 40.5 Å². The van der Waals surface area contributed by atoms with Crippen molar-refractivity contribution in [3.8, 4) is 16.5 Å². The second kappa shape index (κ2) is 12.5. The van der Waals surface area contributed by atoms with E-state index in [0.29, 0.717) is 61.1 Å². The number of aryl methyl sites for hydroxylation is 1. The molecule has 0 amide bonds. The van der Waals surface area contributed by atoms with Gasteiger partial charge in [0.1, 0.15) is 22.3 Å². The highest BCUT2D eigenvalue weighted by Crippen LogP contribution is 2.39. The van der Waals surface area contributed by atoms with Crippen molar-refractivity contribution in [2.24, 2.45) is 0 Å². The number of hydrogen-bond acceptors (Lipinski definition) is 9. The summed E-state index contributed by atoms with van der Waals surface area (Å²) >= 11 is 1.58. The van der Waals surface area contributed by atoms with Gasteiger partial charge in [-0.15, -0.1) is 11.3 Å². The first-order valence-electron chi connectivity index (χ1n) is 15.5. The van der Waals surface area contributed by atoms with Crippen molar-refractivity contribution >= 4 is 28.8 Å². The molecule has 11 heteroatoms. The van der Waals surface area contributed by atoms with Crippen LogP contribution in [0.1, 0.15) is 74.8 Å². The number of piperidine rings is 1. The molecule has 1 aromatic carbocycles. The fourth-order valence-electron chi connectivity index (χ4n) is 5.91. The number of nitrogens with zero attached hydrogens (tertiary/aromatic N) is 5. The Kier molecular flexibility index (Phi) is 8.69. The fourth-order valence-corrected chi connectivity index (χ4v) is 6.80. The lowest BCUT2D eigenvalue weighted by Crippen LogP contribution is -2.45. The average molecular weight is 632 g/mol. The van der Waals surface area contributed by atoms with Crippen LogP contribution in [-0.4, -0.2) is 68.2 Å². The van der Waals surface area contributed by atoms with Crippen LogP contribution in [0.25, 0.3) is 16.3 Å². The van der Waals surface area contributed by atoms with Crippen LogP contribution < -0.4 is 9.64 Å². The number of carboxylic acids is 1. The topological polar surface area (TPSA) is 111 Å². The Balaban J connectivity index is 1.47. The average Bonchev–Trinajstić information content (AvgIpc) is 3.62. The zero-order valence-electron chi connectivity index (χ0n) is 26.6. The first-order chi connectivity index (χ1) is 21.5. The third-order valence-electron chi connectivity index (χ3n) is 8.23. The normalized spacial score (nSPS) is 18.6. The summed E-state index contributed by atoms with van der Waals surface area (Å²) in [5.74, 6) is 0.499. The van der Waals surface area contributed by atoms with E-state index in [2.05, 4.69) is 30.0 Å². The van der Waals surface area contributed by atoms with E-state index in [1.807, 2.05) is 58.2 Å². The minimum atomic E-state index is -1.22. The van der Waals surface area contributed by atoms with Gasteiger partial charge in [0.2, 0.25) is 0 Å². The molecule has 10 nitrogen and oxygen atoms in total. The molecule has 1 fully saturated rings. The fraction of sp³-hybridized carbons (Fsp3) is 0.471. The van der Waals surface area contributed by atoms with Gasteiger partial charge in [0.15, 0.2) is 11.8 Å². The molecule has 1 atom stereocenters. The summed E-state index contributed by atoms with van der Waals surface area (Å²) in [6.07, 6.45) is 7.86. The number of hydrogen-bond donors (Lipinski definition) is 1. The summed E-state index contributed by atoms with van der Waals surface area (Å²) < 4.78 is 20.5. The number of rotatable bonds is 3. The number of benzene rings is 1. The lowest BCUT2D eigenvalue weighted by molar-refractivity contribution is -0.160. The molecule has 3 aliphatic rings. The summed E-state index contributed by atoms with van der Waals surface area (Å²) in [6, 6.07) is 10.0. The third-order valence-corrected chi connectivity index (χ3v) is 9.25. The number of aromatic nitrogens is 4. The van der Waals surface area contributed by atoms with E-state index in [1.165, 1.54) is 0 Å². The molecule has 4 aromatic rings. The van der Waals surface area contributed by atoms with Gasteiger partial charge < -0.3 is 24.2 Å². The van der Waals surface area contributed by atoms with Gasteiger partial charge in [-0.3, -0.25) is 0 Å². The molecule has 0 spiro atoms. The molecule has 0 unspecified atom stereocenters. The number of para-hydroxylation sites is 1. The van der Waals surface area contributed by atoms with Crippen molar-refractivity contribution < 1.29 is 24.1 Å². The summed E-state index contributed by atoms with van der Waals surface area (Å²) in [5.41, 5.74) is 2.53. The number of anilines is 1. The SMILES string of the molecule is Cc1nc2cc3nn2c(c1[C@H](OC(C)(C)C)C(=O)O)N1CCC(C)(CC1)OC/C=C/CCOc1ccccc1Cc1cnc-3s1. The molecule has 7 rings (SSSR count). The quantitative estimate of drug-likeness (QED) is 0.257. The Hall–Kier alpha value is -3.80. The maximum atomic E-state index is 12.7. The summed E-state index contributed by atoms with van der Waals surface area (Å²) in [6.45, 7) is 12.0. The summed E-state index contributed by atoms with van der Waals surface area (Å²) in [4.78, 5) is 25.6. The Morgan fingerprint density at radius 2 is 1.96 bits per heavy atom. The van der Waals surface area contributed by atoms with Gasteiger partial charge in [-0.2, -0.15) is 9.61 Å². The van der Waals surface area contributed by atoms with Crippen LogP contribution in [0.5, 0.6) is 5.75 Å². The lowest BCUT2D eigenvalue weighted by Gasteiger charge is -2.41. The van der Waals surface area contributed by atoms with Crippen LogP contribution in [-0.2, 0) is 20.7 Å². The van der Waals surface area contributed by atoms with Crippen LogP contribution in [0, 0.1) is 6.92 Å². The number of ether oxygens (including phenoxy) is 3. The Morgan fingerprint density at radius 3 is 2.71 bits per heavy atom. The number of aliphatic carboxylic acids is 1. The van der Waals surface area contributed by atoms with Gasteiger partial charge in [0.05, 0.1) is 30.0 Å². The van der Waals surface area contributed by atoms with Gasteiger partial charge in [0, 0.05) is 42.3 Å². The van der Waals surface area contributed by atoms with Crippen molar-refractivity contribution in [3.63, 3.8) is 0 Å². The number of carbonyl (C=O) groups is 1. The van der Waals surface area contributed by atoms with E-state index in [-0.39, 0.29) is 5.60 Å². The highest BCUT2D eigenvalue weighted by Gasteiger charge is 2.37. The van der Waals surface area contributed by atoms with Crippen LogP contribution in [0.15, 0.2) is 48.7 Å². The molecular formula is C34H41N5O5S. The van der Waals surface area contributed by atoms with Gasteiger partial charge in [-0.1, -0.05) is 30.4 Å². The summed E-state index contributed by atoms with van der Waals surface area (Å²) in [5, 5.41) is 16.2. The molecule has 0 radical (unpaired) electrons. The van der Waals surface area contributed by atoms with Crippen LogP contribution in [0.3, 0.4) is 0 Å². The molecule has 0 aliphatic carbocycles. The van der Waals surface area contributed by atoms with E-state index in [1.54, 1.807) is 15.9 Å². The number of thiazole rings is 1. The Morgan fingerprint density at radius 1 is 1.18 bits per heavy atom. The molecule has 1 N–H and O–H groups in total. The molecule has 3 aromatic heterocycles. The molecule has 6 heterocycles. The minimum Gasteiger partial charge on any atom is -0.493 e. The molecule has 238 valence electrons. The molecule has 45 heavy (non-hydrogen) atoms. The van der Waals surface area contributed by atoms with Gasteiger partial charge >= 0.3 is 5.97 Å². The maximum absolute atomic E-state index is 12.7. The number of fused-ring (bicyclic) bond motifs is 7. The lowest BCUT2D eigenvalue weighted by atomic mass is 9.92. The van der Waals surface area contributed by atoms with Crippen molar-refractivity contribution in [1.82, 2.24) is 19.6 Å². The van der Waals surface area contributed by atoms with Crippen LogP contribution in [0.4, 0.5) is 5.82 Å². The molecular weight excluding hydrogens is 590 g/mol. The second-order valence-corrected chi connectivity index (χ2v) is 14.1. The van der Waals surface area contributed by atoms with Gasteiger partial charge in [-0.05, 0) is 65.5 Å². The molecule has 1 saturated heterocycles. The first-order valence-corrected chi connectivity index (χ1v) is 16.3. The zero-order valence-corrected chi connectivity index (χ0v) is 27.4. The highest BCUT2D eigenvalue weighted by atomic mass is 32.1. The van der Waals surface area contributed by atoms with Gasteiger partial charge in [-0.25, -0.2) is 14.8 Å². The predicted molar refractivity (Wildman–Crippen MR) is 174 cm³/mol. The van der Waals surface area contributed by atoms with Crippen molar-refractivity contribution in [2.45, 2.75) is 77.6 Å². The zero-order chi connectivity index (χ0) is 31.8. The maximum Gasteiger partial charge on any atom is 0.337 e.